The molecule has 0 spiro atoms. The molecule has 17 heavy (non-hydrogen) atoms. The van der Waals surface area contributed by atoms with Crippen LogP contribution in [0, 0.1) is 6.92 Å². The molecule has 0 bridgehead atoms. The van der Waals surface area contributed by atoms with Crippen molar-refractivity contribution in [2.75, 3.05) is 19.7 Å². The first-order valence-corrected chi connectivity index (χ1v) is 7.16. The van der Waals surface area contributed by atoms with Crippen molar-refractivity contribution >= 4 is 10.0 Å². The van der Waals surface area contributed by atoms with Crippen LogP contribution in [0.5, 0.6) is 0 Å². The Bertz CT molecular complexity index is 477. The van der Waals surface area contributed by atoms with Gasteiger partial charge in [-0.15, -0.1) is 0 Å². The highest BCUT2D eigenvalue weighted by atomic mass is 32.2. The van der Waals surface area contributed by atoms with Crippen LogP contribution in [0.2, 0.25) is 0 Å². The number of benzene rings is 1. The van der Waals surface area contributed by atoms with Gasteiger partial charge in [-0.3, -0.25) is 0 Å². The Kier molecular flexibility index (Phi) is 3.51. The number of sulfonamides is 1. The van der Waals surface area contributed by atoms with Crippen molar-refractivity contribution in [3.63, 3.8) is 0 Å². The van der Waals surface area contributed by atoms with E-state index in [9.17, 15) is 8.42 Å². The van der Waals surface area contributed by atoms with Crippen molar-refractivity contribution in [1.82, 2.24) is 4.31 Å². The van der Waals surface area contributed by atoms with E-state index in [4.69, 9.17) is 4.74 Å². The third-order valence-electron chi connectivity index (χ3n) is 2.82. The zero-order valence-corrected chi connectivity index (χ0v) is 10.9. The fraction of sp³-hybridized carbons (Fsp3) is 0.500. The van der Waals surface area contributed by atoms with Gasteiger partial charge < -0.3 is 4.74 Å². The third-order valence-corrected chi connectivity index (χ3v) is 4.78. The second kappa shape index (κ2) is 4.76. The molecule has 0 unspecified atom stereocenters. The number of rotatable bonds is 5. The monoisotopic (exact) mass is 255 g/mol. The molecular formula is C12H17NO3S. The molecule has 0 aliphatic carbocycles. The van der Waals surface area contributed by atoms with E-state index in [1.54, 1.807) is 12.1 Å². The molecule has 1 fully saturated rings. The van der Waals surface area contributed by atoms with Gasteiger partial charge in [-0.25, -0.2) is 8.42 Å². The molecule has 1 saturated heterocycles. The molecule has 5 heteroatoms. The summed E-state index contributed by atoms with van der Waals surface area (Å²) in [5.74, 6) is 0. The van der Waals surface area contributed by atoms with Crippen LogP contribution < -0.4 is 0 Å². The van der Waals surface area contributed by atoms with Gasteiger partial charge >= 0.3 is 0 Å². The molecule has 94 valence electrons. The Hall–Kier alpha value is -0.910. The minimum atomic E-state index is -3.37. The normalized spacial score (nSPS) is 19.6. The summed E-state index contributed by atoms with van der Waals surface area (Å²) in [5, 5.41) is 0. The van der Waals surface area contributed by atoms with Gasteiger partial charge in [0.2, 0.25) is 10.0 Å². The number of hydrogen-bond acceptors (Lipinski definition) is 3. The van der Waals surface area contributed by atoms with Crippen LogP contribution in [-0.4, -0.2) is 38.5 Å². The minimum Gasteiger partial charge on any atom is -0.372 e. The molecule has 1 atom stereocenters. The van der Waals surface area contributed by atoms with Crippen molar-refractivity contribution in [3.8, 4) is 0 Å². The summed E-state index contributed by atoms with van der Waals surface area (Å²) in [7, 11) is -3.37. The summed E-state index contributed by atoms with van der Waals surface area (Å²) < 4.78 is 31.2. The van der Waals surface area contributed by atoms with Crippen molar-refractivity contribution in [2.45, 2.75) is 24.8 Å². The molecule has 1 aliphatic rings. The van der Waals surface area contributed by atoms with Crippen molar-refractivity contribution in [1.29, 1.82) is 0 Å². The first kappa shape index (κ1) is 12.5. The number of ether oxygens (including phenoxy) is 1. The summed E-state index contributed by atoms with van der Waals surface area (Å²) in [6.07, 6.45) is 0.0789. The van der Waals surface area contributed by atoms with Gasteiger partial charge in [0.25, 0.3) is 0 Å². The second-order valence-corrected chi connectivity index (χ2v) is 6.16. The van der Waals surface area contributed by atoms with Crippen molar-refractivity contribution in [2.24, 2.45) is 0 Å². The molecule has 0 radical (unpaired) electrons. The van der Waals surface area contributed by atoms with Crippen LogP contribution in [0.15, 0.2) is 29.2 Å². The molecule has 0 N–H and O–H groups in total. The maximum absolute atomic E-state index is 12.3. The zero-order valence-electron chi connectivity index (χ0n) is 10.1. The highest BCUT2D eigenvalue weighted by Gasteiger charge is 2.31. The smallest absolute Gasteiger partial charge is 0.243 e. The average Bonchev–Trinajstić information content (AvgIpc) is 3.10. The van der Waals surface area contributed by atoms with E-state index in [1.165, 1.54) is 4.31 Å². The molecule has 1 aromatic carbocycles. The van der Waals surface area contributed by atoms with Gasteiger partial charge in [-0.05, 0) is 19.1 Å². The Morgan fingerprint density at radius 2 is 1.94 bits per heavy atom. The fourth-order valence-corrected chi connectivity index (χ4v) is 3.14. The number of likely N-dealkylation sites (N-methyl/N-ethyl adjacent to an activating group) is 1. The predicted octanol–water partition coefficient (Wildman–Crippen LogP) is 1.40. The maximum atomic E-state index is 12.3. The minimum absolute atomic E-state index is 0.0789. The van der Waals surface area contributed by atoms with Crippen LogP contribution in [0.3, 0.4) is 0 Å². The Morgan fingerprint density at radius 1 is 1.35 bits per heavy atom. The highest BCUT2D eigenvalue weighted by Crippen LogP contribution is 2.19. The quantitative estimate of drug-likeness (QED) is 0.747. The summed E-state index contributed by atoms with van der Waals surface area (Å²) in [4.78, 5) is 0.352. The van der Waals surface area contributed by atoms with Crippen LogP contribution in [0.4, 0.5) is 0 Å². The lowest BCUT2D eigenvalue weighted by molar-refractivity contribution is 0.342. The molecule has 0 saturated carbocycles. The molecular weight excluding hydrogens is 238 g/mol. The van der Waals surface area contributed by atoms with Crippen molar-refractivity contribution in [3.05, 3.63) is 29.8 Å². The van der Waals surface area contributed by atoms with Gasteiger partial charge in [0.15, 0.2) is 0 Å². The summed E-state index contributed by atoms with van der Waals surface area (Å²) >= 11 is 0. The van der Waals surface area contributed by atoms with E-state index in [1.807, 2.05) is 26.0 Å². The van der Waals surface area contributed by atoms with E-state index in [0.29, 0.717) is 24.6 Å². The lowest BCUT2D eigenvalue weighted by atomic mass is 10.2. The number of aryl methyl sites for hydroxylation is 1. The average molecular weight is 255 g/mol. The molecule has 0 aromatic heterocycles. The SMILES string of the molecule is CCN(C[C@@H]1CO1)S(=O)(=O)c1ccc(C)cc1. The van der Waals surface area contributed by atoms with Crippen LogP contribution in [0.25, 0.3) is 0 Å². The number of hydrogen-bond donors (Lipinski definition) is 0. The van der Waals surface area contributed by atoms with E-state index in [0.717, 1.165) is 5.56 Å². The number of nitrogens with zero attached hydrogens (tertiary/aromatic N) is 1. The molecule has 2 rings (SSSR count). The van der Waals surface area contributed by atoms with Gasteiger partial charge in [-0.1, -0.05) is 24.6 Å². The summed E-state index contributed by atoms with van der Waals surface area (Å²) in [6.45, 7) is 5.36. The van der Waals surface area contributed by atoms with E-state index in [2.05, 4.69) is 0 Å². The van der Waals surface area contributed by atoms with Gasteiger partial charge in [0.1, 0.15) is 0 Å². The summed E-state index contributed by atoms with van der Waals surface area (Å²) in [5.41, 5.74) is 1.05. The highest BCUT2D eigenvalue weighted by molar-refractivity contribution is 7.89. The fourth-order valence-electron chi connectivity index (χ4n) is 1.66. The number of epoxide rings is 1. The molecule has 1 aromatic rings. The standard InChI is InChI=1S/C12H17NO3S/c1-3-13(8-11-9-16-11)17(14,15)12-6-4-10(2)5-7-12/h4-7,11H,3,8-9H2,1-2H3/t11-/m1/s1. The third kappa shape index (κ3) is 2.86. The summed E-state index contributed by atoms with van der Waals surface area (Å²) in [6, 6.07) is 6.94. The van der Waals surface area contributed by atoms with Gasteiger partial charge in [-0.2, -0.15) is 4.31 Å². The van der Waals surface area contributed by atoms with Gasteiger partial charge in [0, 0.05) is 13.1 Å². The maximum Gasteiger partial charge on any atom is 0.243 e. The first-order valence-electron chi connectivity index (χ1n) is 5.72. The lowest BCUT2D eigenvalue weighted by Crippen LogP contribution is -2.34. The van der Waals surface area contributed by atoms with Crippen LogP contribution in [0.1, 0.15) is 12.5 Å². The van der Waals surface area contributed by atoms with Crippen LogP contribution in [-0.2, 0) is 14.8 Å². The molecule has 0 amide bonds. The lowest BCUT2D eigenvalue weighted by Gasteiger charge is -2.19. The molecule has 1 heterocycles. The van der Waals surface area contributed by atoms with E-state index < -0.39 is 10.0 Å². The van der Waals surface area contributed by atoms with Crippen molar-refractivity contribution < 1.29 is 13.2 Å². The molecule has 4 nitrogen and oxygen atoms in total. The van der Waals surface area contributed by atoms with E-state index >= 15 is 0 Å². The van der Waals surface area contributed by atoms with Gasteiger partial charge in [0.05, 0.1) is 17.6 Å². The van der Waals surface area contributed by atoms with Crippen LogP contribution >= 0.6 is 0 Å². The second-order valence-electron chi connectivity index (χ2n) is 4.22. The predicted molar refractivity (Wildman–Crippen MR) is 65.4 cm³/mol. The Morgan fingerprint density at radius 3 is 2.41 bits per heavy atom. The zero-order chi connectivity index (χ0) is 12.5. The topological polar surface area (TPSA) is 49.9 Å². The Labute approximate surface area is 102 Å². The first-order chi connectivity index (χ1) is 8.04. The largest absolute Gasteiger partial charge is 0.372 e. The Balaban J connectivity index is 2.23. The molecule has 1 aliphatic heterocycles. The van der Waals surface area contributed by atoms with E-state index in [-0.39, 0.29) is 6.10 Å².